The van der Waals surface area contributed by atoms with Crippen molar-refractivity contribution in [3.8, 4) is 0 Å². The Kier molecular flexibility index (Phi) is 5.38. The summed E-state index contributed by atoms with van der Waals surface area (Å²) in [6, 6.07) is 13.3. The van der Waals surface area contributed by atoms with E-state index in [-0.39, 0.29) is 11.6 Å². The Labute approximate surface area is 159 Å². The highest BCUT2D eigenvalue weighted by Gasteiger charge is 2.12. The molecule has 0 radical (unpaired) electrons. The average Bonchev–Trinajstić information content (AvgIpc) is 2.60. The molecule has 0 unspecified atom stereocenters. The SMILES string of the molecule is O=C(Nc1cc(Cl)ccc1Cl)c1ccnc(Nc2ccc(Cl)cc2)n1. The molecule has 25 heavy (non-hydrogen) atoms. The molecule has 1 heterocycles. The number of halogens is 3. The zero-order valence-corrected chi connectivity index (χ0v) is 14.9. The van der Waals surface area contributed by atoms with Crippen molar-refractivity contribution in [2.75, 3.05) is 10.6 Å². The van der Waals surface area contributed by atoms with Crippen LogP contribution in [-0.4, -0.2) is 15.9 Å². The molecule has 0 fully saturated rings. The number of benzene rings is 2. The first-order valence-electron chi connectivity index (χ1n) is 7.13. The summed E-state index contributed by atoms with van der Waals surface area (Å²) < 4.78 is 0. The number of nitrogens with one attached hydrogen (secondary N) is 2. The topological polar surface area (TPSA) is 66.9 Å². The van der Waals surface area contributed by atoms with E-state index in [1.807, 2.05) is 0 Å². The molecule has 3 rings (SSSR count). The molecule has 0 atom stereocenters. The second kappa shape index (κ2) is 7.70. The quantitative estimate of drug-likeness (QED) is 0.620. The molecule has 0 aliphatic rings. The minimum Gasteiger partial charge on any atom is -0.324 e. The zero-order chi connectivity index (χ0) is 17.8. The van der Waals surface area contributed by atoms with Gasteiger partial charge in [-0.25, -0.2) is 9.97 Å². The van der Waals surface area contributed by atoms with Crippen LogP contribution in [0.5, 0.6) is 0 Å². The molecule has 1 aromatic heterocycles. The van der Waals surface area contributed by atoms with E-state index in [1.165, 1.54) is 12.3 Å². The Balaban J connectivity index is 1.77. The van der Waals surface area contributed by atoms with Gasteiger partial charge in [0.2, 0.25) is 5.95 Å². The van der Waals surface area contributed by atoms with E-state index in [4.69, 9.17) is 34.8 Å². The first-order valence-corrected chi connectivity index (χ1v) is 8.27. The monoisotopic (exact) mass is 392 g/mol. The minimum atomic E-state index is -0.425. The molecular formula is C17H11Cl3N4O. The van der Waals surface area contributed by atoms with Gasteiger partial charge in [-0.05, 0) is 48.5 Å². The van der Waals surface area contributed by atoms with Crippen molar-refractivity contribution >= 4 is 58.0 Å². The second-order valence-electron chi connectivity index (χ2n) is 4.98. The first kappa shape index (κ1) is 17.5. The Morgan fingerprint density at radius 2 is 1.64 bits per heavy atom. The molecular weight excluding hydrogens is 383 g/mol. The van der Waals surface area contributed by atoms with Crippen LogP contribution >= 0.6 is 34.8 Å². The van der Waals surface area contributed by atoms with Gasteiger partial charge >= 0.3 is 0 Å². The van der Waals surface area contributed by atoms with Gasteiger partial charge in [0, 0.05) is 21.9 Å². The zero-order valence-electron chi connectivity index (χ0n) is 12.6. The van der Waals surface area contributed by atoms with Gasteiger partial charge in [0.1, 0.15) is 5.69 Å². The number of carbonyl (C=O) groups excluding carboxylic acids is 1. The van der Waals surface area contributed by atoms with Gasteiger partial charge in [-0.2, -0.15) is 0 Å². The molecule has 0 bridgehead atoms. The van der Waals surface area contributed by atoms with Crippen molar-refractivity contribution in [2.24, 2.45) is 0 Å². The normalized spacial score (nSPS) is 10.4. The van der Waals surface area contributed by atoms with Crippen molar-refractivity contribution in [3.63, 3.8) is 0 Å². The lowest BCUT2D eigenvalue weighted by atomic mass is 10.3. The van der Waals surface area contributed by atoms with Gasteiger partial charge in [0.15, 0.2) is 0 Å². The lowest BCUT2D eigenvalue weighted by molar-refractivity contribution is 0.102. The van der Waals surface area contributed by atoms with E-state index >= 15 is 0 Å². The third-order valence-electron chi connectivity index (χ3n) is 3.17. The van der Waals surface area contributed by atoms with Crippen LogP contribution in [0, 0.1) is 0 Å². The Bertz CT molecular complexity index is 916. The van der Waals surface area contributed by atoms with E-state index in [9.17, 15) is 4.79 Å². The summed E-state index contributed by atoms with van der Waals surface area (Å²) in [7, 11) is 0. The van der Waals surface area contributed by atoms with Crippen LogP contribution in [-0.2, 0) is 0 Å². The first-order chi connectivity index (χ1) is 12.0. The standard InChI is InChI=1S/C17H11Cl3N4O/c18-10-1-4-12(5-2-10)22-17-21-8-7-14(24-17)16(25)23-15-9-11(19)3-6-13(15)20/h1-9H,(H,23,25)(H,21,22,24). The van der Waals surface area contributed by atoms with Gasteiger partial charge in [-0.3, -0.25) is 4.79 Å². The van der Waals surface area contributed by atoms with Gasteiger partial charge in [-0.15, -0.1) is 0 Å². The van der Waals surface area contributed by atoms with Crippen LogP contribution < -0.4 is 10.6 Å². The maximum atomic E-state index is 12.4. The molecule has 2 aromatic carbocycles. The lowest BCUT2D eigenvalue weighted by Gasteiger charge is -2.09. The van der Waals surface area contributed by atoms with Crippen molar-refractivity contribution in [1.29, 1.82) is 0 Å². The van der Waals surface area contributed by atoms with Gasteiger partial charge in [0.05, 0.1) is 10.7 Å². The van der Waals surface area contributed by atoms with Crippen LogP contribution in [0.2, 0.25) is 15.1 Å². The van der Waals surface area contributed by atoms with E-state index in [2.05, 4.69) is 20.6 Å². The highest BCUT2D eigenvalue weighted by molar-refractivity contribution is 6.35. The highest BCUT2D eigenvalue weighted by atomic mass is 35.5. The fraction of sp³-hybridized carbons (Fsp3) is 0. The van der Waals surface area contributed by atoms with Crippen molar-refractivity contribution < 1.29 is 4.79 Å². The summed E-state index contributed by atoms with van der Waals surface area (Å²) in [5.41, 5.74) is 1.34. The van der Waals surface area contributed by atoms with Crippen molar-refractivity contribution in [2.45, 2.75) is 0 Å². The third-order valence-corrected chi connectivity index (χ3v) is 3.98. The fourth-order valence-electron chi connectivity index (χ4n) is 1.99. The molecule has 2 N–H and O–H groups in total. The highest BCUT2D eigenvalue weighted by Crippen LogP contribution is 2.26. The van der Waals surface area contributed by atoms with Crippen LogP contribution in [0.15, 0.2) is 54.7 Å². The predicted molar refractivity (Wildman–Crippen MR) is 101 cm³/mol. The smallest absolute Gasteiger partial charge is 0.274 e. The van der Waals surface area contributed by atoms with Gasteiger partial charge in [0.25, 0.3) is 5.91 Å². The molecule has 5 nitrogen and oxygen atoms in total. The number of nitrogens with zero attached hydrogens (tertiary/aromatic N) is 2. The summed E-state index contributed by atoms with van der Waals surface area (Å²) in [5, 5.41) is 7.15. The Hall–Kier alpha value is -2.34. The third kappa shape index (κ3) is 4.60. The van der Waals surface area contributed by atoms with Crippen LogP contribution in [0.4, 0.5) is 17.3 Å². The van der Waals surface area contributed by atoms with E-state index in [0.29, 0.717) is 20.8 Å². The predicted octanol–water partition coefficient (Wildman–Crippen LogP) is 5.43. The summed E-state index contributed by atoms with van der Waals surface area (Å²) in [6.07, 6.45) is 1.49. The van der Waals surface area contributed by atoms with Crippen molar-refractivity contribution in [3.05, 3.63) is 75.5 Å². The number of anilines is 3. The molecule has 3 aromatic rings. The molecule has 0 aliphatic heterocycles. The number of hydrogen-bond donors (Lipinski definition) is 2. The van der Waals surface area contributed by atoms with Crippen LogP contribution in [0.1, 0.15) is 10.5 Å². The number of carbonyl (C=O) groups is 1. The number of hydrogen-bond acceptors (Lipinski definition) is 4. The van der Waals surface area contributed by atoms with Crippen molar-refractivity contribution in [1.82, 2.24) is 9.97 Å². The van der Waals surface area contributed by atoms with Crippen LogP contribution in [0.3, 0.4) is 0 Å². The number of amides is 1. The Morgan fingerprint density at radius 3 is 2.40 bits per heavy atom. The maximum Gasteiger partial charge on any atom is 0.274 e. The molecule has 0 saturated carbocycles. The van der Waals surface area contributed by atoms with E-state index in [1.54, 1.807) is 42.5 Å². The molecule has 126 valence electrons. The number of rotatable bonds is 4. The second-order valence-corrected chi connectivity index (χ2v) is 6.26. The van der Waals surface area contributed by atoms with Crippen LogP contribution in [0.25, 0.3) is 0 Å². The molecule has 8 heteroatoms. The molecule has 0 spiro atoms. The summed E-state index contributed by atoms with van der Waals surface area (Å²) in [6.45, 7) is 0. The summed E-state index contributed by atoms with van der Waals surface area (Å²) >= 11 is 17.8. The van der Waals surface area contributed by atoms with E-state index in [0.717, 1.165) is 5.69 Å². The molecule has 1 amide bonds. The molecule has 0 saturated heterocycles. The molecule has 0 aliphatic carbocycles. The Morgan fingerprint density at radius 1 is 0.920 bits per heavy atom. The van der Waals surface area contributed by atoms with E-state index < -0.39 is 5.91 Å². The average molecular weight is 394 g/mol. The lowest BCUT2D eigenvalue weighted by Crippen LogP contribution is -2.15. The van der Waals surface area contributed by atoms with Gasteiger partial charge < -0.3 is 10.6 Å². The fourth-order valence-corrected chi connectivity index (χ4v) is 2.45. The maximum absolute atomic E-state index is 12.4. The minimum absolute atomic E-state index is 0.183. The summed E-state index contributed by atoms with van der Waals surface area (Å²) in [5.74, 6) is -0.141. The summed E-state index contributed by atoms with van der Waals surface area (Å²) in [4.78, 5) is 20.7. The largest absolute Gasteiger partial charge is 0.324 e. The van der Waals surface area contributed by atoms with Gasteiger partial charge in [-0.1, -0.05) is 34.8 Å². The number of aromatic nitrogens is 2.